The van der Waals surface area contributed by atoms with Gasteiger partial charge in [-0.2, -0.15) is 0 Å². The Morgan fingerprint density at radius 1 is 1.50 bits per heavy atom. The molecule has 1 aliphatic heterocycles. The van der Waals surface area contributed by atoms with Gasteiger partial charge in [0.2, 0.25) is 0 Å². The maximum absolute atomic E-state index is 5.92. The summed E-state index contributed by atoms with van der Waals surface area (Å²) in [5, 5.41) is 0. The van der Waals surface area contributed by atoms with E-state index in [0.717, 1.165) is 19.5 Å². The number of anilines is 1. The Hall–Kier alpha value is -1.02. The summed E-state index contributed by atoms with van der Waals surface area (Å²) in [4.78, 5) is 2.46. The Morgan fingerprint density at radius 2 is 2.25 bits per heavy atom. The van der Waals surface area contributed by atoms with E-state index in [4.69, 9.17) is 5.73 Å². The van der Waals surface area contributed by atoms with Gasteiger partial charge >= 0.3 is 0 Å². The molecule has 1 aromatic rings. The minimum Gasteiger partial charge on any atom is -0.371 e. The molecule has 0 aromatic heterocycles. The van der Waals surface area contributed by atoms with Crippen molar-refractivity contribution in [1.82, 2.24) is 0 Å². The average Bonchev–Trinajstić information content (AvgIpc) is 2.56. The Labute approximate surface area is 98.4 Å². The molecule has 2 atom stereocenters. The third-order valence-electron chi connectivity index (χ3n) is 3.42. The summed E-state index contributed by atoms with van der Waals surface area (Å²) in [6.07, 6.45) is 0.991. The monoisotopic (exact) mass is 218 g/mol. The van der Waals surface area contributed by atoms with Gasteiger partial charge in [0.25, 0.3) is 0 Å². The molecule has 0 fully saturated rings. The van der Waals surface area contributed by atoms with Gasteiger partial charge in [0.05, 0.1) is 0 Å². The van der Waals surface area contributed by atoms with Crippen molar-refractivity contribution in [2.75, 3.05) is 18.0 Å². The van der Waals surface area contributed by atoms with Crippen LogP contribution in [0.25, 0.3) is 0 Å². The molecule has 0 bridgehead atoms. The first kappa shape index (κ1) is 11.5. The van der Waals surface area contributed by atoms with Crippen LogP contribution in [0.1, 0.15) is 37.8 Å². The molecule has 1 aromatic carbocycles. The summed E-state index contributed by atoms with van der Waals surface area (Å²) in [5.74, 6) is 0.643. The van der Waals surface area contributed by atoms with Gasteiger partial charge in [-0.3, -0.25) is 0 Å². The number of rotatable bonds is 3. The highest BCUT2D eigenvalue weighted by molar-refractivity contribution is 5.63. The topological polar surface area (TPSA) is 29.3 Å². The molecule has 0 spiro atoms. The first-order valence-corrected chi connectivity index (χ1v) is 6.25. The predicted octanol–water partition coefficient (Wildman–Crippen LogP) is 2.52. The van der Waals surface area contributed by atoms with E-state index in [1.54, 1.807) is 0 Å². The van der Waals surface area contributed by atoms with Crippen LogP contribution in [0.5, 0.6) is 0 Å². The van der Waals surface area contributed by atoms with Gasteiger partial charge in [-0.1, -0.05) is 19.1 Å². The Morgan fingerprint density at radius 3 is 2.88 bits per heavy atom. The molecule has 0 saturated carbocycles. The van der Waals surface area contributed by atoms with Crippen molar-refractivity contribution in [2.24, 2.45) is 5.73 Å². The van der Waals surface area contributed by atoms with Crippen molar-refractivity contribution in [3.05, 3.63) is 29.3 Å². The molecule has 0 amide bonds. The van der Waals surface area contributed by atoms with Crippen LogP contribution in [-0.2, 0) is 6.42 Å². The van der Waals surface area contributed by atoms with Gasteiger partial charge in [0.1, 0.15) is 0 Å². The van der Waals surface area contributed by atoms with E-state index in [9.17, 15) is 0 Å². The van der Waals surface area contributed by atoms with Crippen molar-refractivity contribution < 1.29 is 0 Å². The smallest absolute Gasteiger partial charge is 0.0405 e. The minimum absolute atomic E-state index is 0.245. The average molecular weight is 218 g/mol. The molecule has 1 heterocycles. The van der Waals surface area contributed by atoms with Crippen molar-refractivity contribution in [3.8, 4) is 0 Å². The number of likely N-dealkylation sites (N-methyl/N-ethyl adjacent to an activating group) is 1. The number of fused-ring (bicyclic) bond motifs is 1. The molecule has 88 valence electrons. The quantitative estimate of drug-likeness (QED) is 0.844. The van der Waals surface area contributed by atoms with Crippen molar-refractivity contribution in [1.29, 1.82) is 0 Å². The lowest BCUT2D eigenvalue weighted by atomic mass is 9.94. The van der Waals surface area contributed by atoms with Crippen LogP contribution in [0.3, 0.4) is 0 Å². The van der Waals surface area contributed by atoms with Gasteiger partial charge in [0, 0.05) is 30.7 Å². The summed E-state index contributed by atoms with van der Waals surface area (Å²) in [5.41, 5.74) is 10.3. The lowest BCUT2D eigenvalue weighted by Crippen LogP contribution is -2.20. The predicted molar refractivity (Wildman–Crippen MR) is 70.1 cm³/mol. The number of nitrogens with two attached hydrogens (primary N) is 1. The molecule has 0 aliphatic carbocycles. The molecule has 2 unspecified atom stereocenters. The Bertz CT molecular complexity index is 371. The third-order valence-corrected chi connectivity index (χ3v) is 3.42. The summed E-state index contributed by atoms with van der Waals surface area (Å²) in [6.45, 7) is 8.87. The first-order chi connectivity index (χ1) is 7.63. The number of benzene rings is 1. The summed E-state index contributed by atoms with van der Waals surface area (Å²) < 4.78 is 0. The van der Waals surface area contributed by atoms with Crippen molar-refractivity contribution in [3.63, 3.8) is 0 Å². The zero-order valence-electron chi connectivity index (χ0n) is 10.5. The first-order valence-electron chi connectivity index (χ1n) is 6.25. The van der Waals surface area contributed by atoms with Crippen molar-refractivity contribution >= 4 is 5.69 Å². The Kier molecular flexibility index (Phi) is 3.20. The molecular formula is C14H22N2. The summed E-state index contributed by atoms with van der Waals surface area (Å²) in [6, 6.07) is 6.89. The number of hydrogen-bond acceptors (Lipinski definition) is 2. The van der Waals surface area contributed by atoms with Crippen LogP contribution >= 0.6 is 0 Å². The molecule has 2 heteroatoms. The fourth-order valence-corrected chi connectivity index (χ4v) is 2.79. The second-order valence-electron chi connectivity index (χ2n) is 4.97. The standard InChI is InChI=1S/C14H22N2/c1-4-16-9-10(2)14-12(8-11(3)15)6-5-7-13(14)16/h5-7,10-11H,4,8-9,15H2,1-3H3. The lowest BCUT2D eigenvalue weighted by molar-refractivity contribution is 0.716. The SMILES string of the molecule is CCN1CC(C)c2c(CC(C)N)cccc21. The van der Waals surface area contributed by atoms with Gasteiger partial charge in [-0.25, -0.2) is 0 Å². The third kappa shape index (κ3) is 1.94. The Balaban J connectivity index is 2.39. The fraction of sp³-hybridized carbons (Fsp3) is 0.571. The molecule has 0 saturated heterocycles. The second kappa shape index (κ2) is 4.46. The van der Waals surface area contributed by atoms with Crippen molar-refractivity contribution in [2.45, 2.75) is 39.2 Å². The van der Waals surface area contributed by atoms with Crippen LogP contribution < -0.4 is 10.6 Å². The molecule has 1 aliphatic rings. The van der Waals surface area contributed by atoms with Crippen LogP contribution in [0.4, 0.5) is 5.69 Å². The van der Waals surface area contributed by atoms with E-state index in [-0.39, 0.29) is 6.04 Å². The van der Waals surface area contributed by atoms with Gasteiger partial charge in [-0.15, -0.1) is 0 Å². The van der Waals surface area contributed by atoms with Gasteiger partial charge in [0.15, 0.2) is 0 Å². The van der Waals surface area contributed by atoms with Crippen LogP contribution in [-0.4, -0.2) is 19.1 Å². The van der Waals surface area contributed by atoms with E-state index >= 15 is 0 Å². The highest BCUT2D eigenvalue weighted by Gasteiger charge is 2.26. The highest BCUT2D eigenvalue weighted by atomic mass is 15.1. The largest absolute Gasteiger partial charge is 0.371 e. The van der Waals surface area contributed by atoms with Gasteiger partial charge in [-0.05, 0) is 37.5 Å². The molecule has 2 nitrogen and oxygen atoms in total. The minimum atomic E-state index is 0.245. The van der Waals surface area contributed by atoms with E-state index < -0.39 is 0 Å². The van der Waals surface area contributed by atoms with Gasteiger partial charge < -0.3 is 10.6 Å². The molecule has 2 N–H and O–H groups in total. The zero-order valence-corrected chi connectivity index (χ0v) is 10.5. The van der Waals surface area contributed by atoms with Crippen LogP contribution in [0.2, 0.25) is 0 Å². The van der Waals surface area contributed by atoms with Crippen LogP contribution in [0, 0.1) is 0 Å². The number of nitrogens with zero attached hydrogens (tertiary/aromatic N) is 1. The maximum atomic E-state index is 5.92. The summed E-state index contributed by atoms with van der Waals surface area (Å²) >= 11 is 0. The second-order valence-corrected chi connectivity index (χ2v) is 4.97. The fourth-order valence-electron chi connectivity index (χ4n) is 2.79. The number of hydrogen-bond donors (Lipinski definition) is 1. The normalized spacial score (nSPS) is 21.0. The van der Waals surface area contributed by atoms with Crippen LogP contribution in [0.15, 0.2) is 18.2 Å². The zero-order chi connectivity index (χ0) is 11.7. The highest BCUT2D eigenvalue weighted by Crippen LogP contribution is 2.38. The lowest BCUT2D eigenvalue weighted by Gasteiger charge is -2.17. The molecular weight excluding hydrogens is 196 g/mol. The maximum Gasteiger partial charge on any atom is 0.0405 e. The van der Waals surface area contributed by atoms with E-state index in [1.165, 1.54) is 16.8 Å². The van der Waals surface area contributed by atoms with E-state index in [1.807, 2.05) is 0 Å². The van der Waals surface area contributed by atoms with E-state index in [2.05, 4.69) is 43.9 Å². The van der Waals surface area contributed by atoms with E-state index in [0.29, 0.717) is 5.92 Å². The molecule has 16 heavy (non-hydrogen) atoms. The molecule has 2 rings (SSSR count). The summed E-state index contributed by atoms with van der Waals surface area (Å²) in [7, 11) is 0. The molecule has 0 radical (unpaired) electrons.